The van der Waals surface area contributed by atoms with Crippen LogP contribution in [0.15, 0.2) is 29.2 Å². The van der Waals surface area contributed by atoms with Gasteiger partial charge in [-0.2, -0.15) is 0 Å². The molecule has 0 aromatic heterocycles. The second-order valence-electron chi connectivity index (χ2n) is 5.34. The Labute approximate surface area is 119 Å². The summed E-state index contributed by atoms with van der Waals surface area (Å²) in [4.78, 5) is 2.52. The summed E-state index contributed by atoms with van der Waals surface area (Å²) in [6.07, 6.45) is -0.386. The summed E-state index contributed by atoms with van der Waals surface area (Å²) < 4.78 is 19.4. The van der Waals surface area contributed by atoms with E-state index in [2.05, 4.69) is 12.6 Å². The number of rotatable bonds is 3. The average molecular weight is 283 g/mol. The first-order valence-electron chi connectivity index (χ1n) is 6.36. The van der Waals surface area contributed by atoms with Crippen LogP contribution in [0.1, 0.15) is 25.5 Å². The number of alkyl halides is 1. The molecule has 1 aliphatic rings. The molecule has 6 heteroatoms. The summed E-state index contributed by atoms with van der Waals surface area (Å²) in [7, 11) is -0.759. The third-order valence-electron chi connectivity index (χ3n) is 3.53. The van der Waals surface area contributed by atoms with Gasteiger partial charge in [-0.1, -0.05) is 12.1 Å². The second-order valence-corrected chi connectivity index (χ2v) is 5.85. The standard InChI is InChI=1S/C13H19BFNO2S/c1-13(2)16(14(3)17)11(8-15)12(18-13)9-4-6-10(19)7-5-9/h4-7,11-12,17,19H,8H2,1-3H3/t11-,12+/m0/s1. The van der Waals surface area contributed by atoms with Gasteiger partial charge in [0.2, 0.25) is 0 Å². The molecule has 19 heavy (non-hydrogen) atoms. The van der Waals surface area contributed by atoms with Gasteiger partial charge in [0.15, 0.2) is 0 Å². The largest absolute Gasteiger partial charge is 0.437 e. The maximum absolute atomic E-state index is 13.4. The molecule has 1 fully saturated rings. The zero-order chi connectivity index (χ0) is 14.2. The van der Waals surface area contributed by atoms with Crippen LogP contribution in [-0.2, 0) is 4.74 Å². The Morgan fingerprint density at radius 2 is 2.00 bits per heavy atom. The molecule has 0 amide bonds. The highest BCUT2D eigenvalue weighted by molar-refractivity contribution is 7.80. The third kappa shape index (κ3) is 2.82. The van der Waals surface area contributed by atoms with Crippen molar-refractivity contribution >= 4 is 19.7 Å². The highest BCUT2D eigenvalue weighted by Crippen LogP contribution is 2.41. The van der Waals surface area contributed by atoms with Crippen molar-refractivity contribution < 1.29 is 14.2 Å². The van der Waals surface area contributed by atoms with Crippen LogP contribution in [0, 0.1) is 0 Å². The predicted molar refractivity (Wildman–Crippen MR) is 77.0 cm³/mol. The van der Waals surface area contributed by atoms with E-state index in [0.717, 1.165) is 10.5 Å². The fourth-order valence-electron chi connectivity index (χ4n) is 2.83. The zero-order valence-electron chi connectivity index (χ0n) is 11.4. The number of benzene rings is 1. The molecule has 1 saturated heterocycles. The van der Waals surface area contributed by atoms with Crippen LogP contribution < -0.4 is 0 Å². The van der Waals surface area contributed by atoms with E-state index in [4.69, 9.17) is 4.74 Å². The Hall–Kier alpha value is -0.555. The molecule has 0 saturated carbocycles. The smallest absolute Gasteiger partial charge is 0.379 e. The number of hydrogen-bond donors (Lipinski definition) is 2. The molecule has 1 aromatic rings. The SMILES string of the molecule is CB(O)N1[C@@H](CF)[C@@H](c2ccc(S)cc2)OC1(C)C. The van der Waals surface area contributed by atoms with Crippen LogP contribution in [-0.4, -0.2) is 35.3 Å². The van der Waals surface area contributed by atoms with E-state index in [1.54, 1.807) is 11.6 Å². The first-order valence-corrected chi connectivity index (χ1v) is 6.81. The van der Waals surface area contributed by atoms with Gasteiger partial charge in [0.25, 0.3) is 0 Å². The Bertz CT molecular complexity index is 441. The summed E-state index contributed by atoms with van der Waals surface area (Å²) in [5, 5.41) is 9.87. The van der Waals surface area contributed by atoms with Gasteiger partial charge in [0, 0.05) is 4.90 Å². The highest BCUT2D eigenvalue weighted by Gasteiger charge is 2.50. The minimum absolute atomic E-state index is 0.386. The fraction of sp³-hybridized carbons (Fsp3) is 0.538. The van der Waals surface area contributed by atoms with Gasteiger partial charge in [-0.3, -0.25) is 4.81 Å². The van der Waals surface area contributed by atoms with Gasteiger partial charge in [0.1, 0.15) is 18.5 Å². The van der Waals surface area contributed by atoms with Crippen LogP contribution in [0.2, 0.25) is 6.82 Å². The van der Waals surface area contributed by atoms with Gasteiger partial charge in [-0.05, 0) is 38.4 Å². The molecular weight excluding hydrogens is 264 g/mol. The Kier molecular flexibility index (Phi) is 4.25. The number of halogens is 1. The maximum atomic E-state index is 13.4. The minimum atomic E-state index is -0.759. The number of nitrogens with zero attached hydrogens (tertiary/aromatic N) is 1. The van der Waals surface area contributed by atoms with Crippen molar-refractivity contribution in [1.82, 2.24) is 4.81 Å². The molecule has 0 bridgehead atoms. The molecule has 1 aromatic carbocycles. The lowest BCUT2D eigenvalue weighted by Gasteiger charge is -2.33. The molecule has 2 atom stereocenters. The topological polar surface area (TPSA) is 32.7 Å². The molecule has 0 unspecified atom stereocenters. The molecule has 0 aliphatic carbocycles. The van der Waals surface area contributed by atoms with E-state index >= 15 is 0 Å². The van der Waals surface area contributed by atoms with Gasteiger partial charge < -0.3 is 9.76 Å². The lowest BCUT2D eigenvalue weighted by Crippen LogP contribution is -2.52. The highest BCUT2D eigenvalue weighted by atomic mass is 32.1. The van der Waals surface area contributed by atoms with E-state index in [1.807, 2.05) is 38.1 Å². The molecule has 2 rings (SSSR count). The van der Waals surface area contributed by atoms with Gasteiger partial charge >= 0.3 is 7.05 Å². The molecule has 3 nitrogen and oxygen atoms in total. The van der Waals surface area contributed by atoms with E-state index in [9.17, 15) is 9.41 Å². The Morgan fingerprint density at radius 1 is 1.42 bits per heavy atom. The summed E-state index contributed by atoms with van der Waals surface area (Å²) >= 11 is 4.24. The van der Waals surface area contributed by atoms with Crippen molar-refractivity contribution in [3.8, 4) is 0 Å². The van der Waals surface area contributed by atoms with Crippen LogP contribution in [0.25, 0.3) is 0 Å². The fourth-order valence-corrected chi connectivity index (χ4v) is 2.98. The lowest BCUT2D eigenvalue weighted by molar-refractivity contribution is -0.0557. The first kappa shape index (κ1) is 14.8. The van der Waals surface area contributed by atoms with Crippen molar-refractivity contribution in [2.45, 2.75) is 43.4 Å². The molecule has 0 spiro atoms. The minimum Gasteiger partial charge on any atom is -0.437 e. The molecular formula is C13H19BFNO2S. The molecule has 1 aliphatic heterocycles. The van der Waals surface area contributed by atoms with E-state index in [-0.39, 0.29) is 6.10 Å². The van der Waals surface area contributed by atoms with Crippen molar-refractivity contribution in [3.63, 3.8) is 0 Å². The van der Waals surface area contributed by atoms with Crippen molar-refractivity contribution in [3.05, 3.63) is 29.8 Å². The lowest BCUT2D eigenvalue weighted by atomic mass is 9.80. The van der Waals surface area contributed by atoms with Crippen LogP contribution in [0.3, 0.4) is 0 Å². The first-order chi connectivity index (χ1) is 8.86. The number of thiol groups is 1. The van der Waals surface area contributed by atoms with Gasteiger partial charge in [-0.15, -0.1) is 12.6 Å². The van der Waals surface area contributed by atoms with Gasteiger partial charge in [0.05, 0.1) is 6.04 Å². The Balaban J connectivity index is 2.34. The van der Waals surface area contributed by atoms with Crippen LogP contribution in [0.4, 0.5) is 4.39 Å². The van der Waals surface area contributed by atoms with Gasteiger partial charge in [-0.25, -0.2) is 4.39 Å². The van der Waals surface area contributed by atoms with Crippen molar-refractivity contribution in [2.75, 3.05) is 6.67 Å². The van der Waals surface area contributed by atoms with Crippen LogP contribution in [0.5, 0.6) is 0 Å². The average Bonchev–Trinajstić information content (AvgIpc) is 2.61. The molecule has 1 heterocycles. The van der Waals surface area contributed by atoms with Crippen molar-refractivity contribution in [2.24, 2.45) is 0 Å². The zero-order valence-corrected chi connectivity index (χ0v) is 12.3. The maximum Gasteiger partial charge on any atom is 0.379 e. The summed E-state index contributed by atoms with van der Waals surface area (Å²) in [5.41, 5.74) is 0.201. The molecule has 104 valence electrons. The molecule has 0 radical (unpaired) electrons. The normalized spacial score (nSPS) is 26.6. The summed E-state index contributed by atoms with van der Waals surface area (Å²) in [6.45, 7) is 4.75. The monoisotopic (exact) mass is 283 g/mol. The van der Waals surface area contributed by atoms with E-state index in [1.165, 1.54) is 0 Å². The molecule has 1 N–H and O–H groups in total. The van der Waals surface area contributed by atoms with E-state index in [0.29, 0.717) is 0 Å². The second kappa shape index (κ2) is 5.44. The van der Waals surface area contributed by atoms with E-state index < -0.39 is 25.5 Å². The quantitative estimate of drug-likeness (QED) is 0.660. The summed E-state index contributed by atoms with van der Waals surface area (Å²) in [5.74, 6) is 0. The third-order valence-corrected chi connectivity index (χ3v) is 3.82. The predicted octanol–water partition coefficient (Wildman–Crippen LogP) is 2.53. The Morgan fingerprint density at radius 3 is 2.47 bits per heavy atom. The number of ether oxygens (including phenoxy) is 1. The van der Waals surface area contributed by atoms with Crippen molar-refractivity contribution in [1.29, 1.82) is 0 Å². The van der Waals surface area contributed by atoms with Crippen LogP contribution >= 0.6 is 12.6 Å². The number of hydrogen-bond acceptors (Lipinski definition) is 4. The summed E-state index contributed by atoms with van der Waals surface area (Å²) in [6, 6.07) is 7.00.